The van der Waals surface area contributed by atoms with E-state index in [4.69, 9.17) is 15.3 Å². The van der Waals surface area contributed by atoms with Gasteiger partial charge in [0.05, 0.1) is 12.8 Å². The Morgan fingerprint density at radius 3 is 2.65 bits per heavy atom. The van der Waals surface area contributed by atoms with Crippen LogP contribution >= 0.6 is 0 Å². The smallest absolute Gasteiger partial charge is 0.234 e. The first-order valence-electron chi connectivity index (χ1n) is 11.0. The van der Waals surface area contributed by atoms with Gasteiger partial charge in [0, 0.05) is 43.2 Å². The van der Waals surface area contributed by atoms with E-state index in [1.807, 2.05) is 29.2 Å². The number of oxime groups is 1. The van der Waals surface area contributed by atoms with Crippen LogP contribution in [0.3, 0.4) is 0 Å². The standard InChI is InChI=1S/C26H28F2N4O2/c1-5-31(16-17(2)29)23-9-8-18(12-24(23)33-4)11-19-7-6-10-32-25(19)30-34-26(32,3)20-13-21(27)15-22(28)14-20/h5,8-9,11-16H,1,6-7,10,29H2,2-4H3/b17-16-,19-11+. The molecule has 6 nitrogen and oxygen atoms in total. The fourth-order valence-corrected chi connectivity index (χ4v) is 4.33. The summed E-state index contributed by atoms with van der Waals surface area (Å²) in [5.41, 5.74) is 8.45. The predicted molar refractivity (Wildman–Crippen MR) is 130 cm³/mol. The quantitative estimate of drug-likeness (QED) is 0.614. The summed E-state index contributed by atoms with van der Waals surface area (Å²) in [5.74, 6) is 0.0166. The van der Waals surface area contributed by atoms with Crippen molar-refractivity contribution >= 4 is 17.6 Å². The number of anilines is 1. The molecule has 0 saturated carbocycles. The molecule has 0 spiro atoms. The van der Waals surface area contributed by atoms with Crippen LogP contribution in [0.4, 0.5) is 14.5 Å². The van der Waals surface area contributed by atoms with Crippen molar-refractivity contribution < 1.29 is 18.4 Å². The van der Waals surface area contributed by atoms with Gasteiger partial charge in [0.15, 0.2) is 5.84 Å². The summed E-state index contributed by atoms with van der Waals surface area (Å²) < 4.78 is 33.4. The third-order valence-electron chi connectivity index (χ3n) is 5.96. The van der Waals surface area contributed by atoms with E-state index in [1.54, 1.807) is 38.3 Å². The molecule has 0 aromatic heterocycles. The lowest BCUT2D eigenvalue weighted by molar-refractivity contribution is -0.0916. The summed E-state index contributed by atoms with van der Waals surface area (Å²) in [5, 5.41) is 4.31. The van der Waals surface area contributed by atoms with Gasteiger partial charge in [-0.15, -0.1) is 0 Å². The lowest BCUT2D eigenvalue weighted by atomic mass is 9.95. The molecule has 0 amide bonds. The molecular weight excluding hydrogens is 438 g/mol. The number of hydrogen-bond donors (Lipinski definition) is 1. The normalized spacial score (nSPS) is 21.1. The van der Waals surface area contributed by atoms with Gasteiger partial charge in [0.25, 0.3) is 0 Å². The number of piperidine rings is 1. The van der Waals surface area contributed by atoms with Gasteiger partial charge in [-0.05, 0) is 61.2 Å². The Bertz CT molecular complexity index is 1180. The molecule has 4 rings (SSSR count). The van der Waals surface area contributed by atoms with Crippen molar-refractivity contribution in [1.29, 1.82) is 0 Å². The van der Waals surface area contributed by atoms with E-state index in [0.717, 1.165) is 35.7 Å². The highest BCUT2D eigenvalue weighted by molar-refractivity contribution is 6.03. The average molecular weight is 467 g/mol. The van der Waals surface area contributed by atoms with Gasteiger partial charge >= 0.3 is 0 Å². The van der Waals surface area contributed by atoms with Gasteiger partial charge < -0.3 is 25.1 Å². The molecule has 178 valence electrons. The number of methoxy groups -OCH3 is 1. The van der Waals surface area contributed by atoms with Crippen LogP contribution in [0.2, 0.25) is 0 Å². The van der Waals surface area contributed by atoms with E-state index in [-0.39, 0.29) is 0 Å². The highest BCUT2D eigenvalue weighted by Gasteiger charge is 2.46. The first-order valence-corrected chi connectivity index (χ1v) is 11.0. The van der Waals surface area contributed by atoms with Crippen molar-refractivity contribution in [2.75, 3.05) is 18.6 Å². The maximum absolute atomic E-state index is 13.9. The van der Waals surface area contributed by atoms with Crippen LogP contribution in [-0.4, -0.2) is 24.4 Å². The lowest BCUT2D eigenvalue weighted by Gasteiger charge is -2.37. The van der Waals surface area contributed by atoms with Crippen molar-refractivity contribution in [2.24, 2.45) is 10.9 Å². The summed E-state index contributed by atoms with van der Waals surface area (Å²) in [6, 6.07) is 9.24. The number of allylic oxidation sites excluding steroid dienone is 1. The summed E-state index contributed by atoms with van der Waals surface area (Å²) in [7, 11) is 1.61. The third-order valence-corrected chi connectivity index (χ3v) is 5.96. The van der Waals surface area contributed by atoms with Crippen molar-refractivity contribution in [3.8, 4) is 5.75 Å². The van der Waals surface area contributed by atoms with Crippen molar-refractivity contribution in [3.63, 3.8) is 0 Å². The maximum atomic E-state index is 13.9. The second-order valence-corrected chi connectivity index (χ2v) is 8.47. The second kappa shape index (κ2) is 9.21. The van der Waals surface area contributed by atoms with Gasteiger partial charge in [-0.25, -0.2) is 8.78 Å². The second-order valence-electron chi connectivity index (χ2n) is 8.47. The number of nitrogens with two attached hydrogens (primary N) is 1. The molecule has 34 heavy (non-hydrogen) atoms. The monoisotopic (exact) mass is 466 g/mol. The van der Waals surface area contributed by atoms with Crippen LogP contribution in [0.15, 0.2) is 71.8 Å². The van der Waals surface area contributed by atoms with Crippen LogP contribution in [-0.2, 0) is 10.6 Å². The average Bonchev–Trinajstić information content (AvgIpc) is 3.16. The van der Waals surface area contributed by atoms with Gasteiger partial charge in [-0.3, -0.25) is 0 Å². The molecule has 1 atom stereocenters. The number of benzene rings is 2. The first kappa shape index (κ1) is 23.4. The Morgan fingerprint density at radius 2 is 2.00 bits per heavy atom. The molecule has 1 fully saturated rings. The Morgan fingerprint density at radius 1 is 1.26 bits per heavy atom. The molecule has 1 saturated heterocycles. The SMILES string of the molecule is C=CN(/C=C(/C)N)c1ccc(/C=C2\CCCN3C2=NOC3(C)c2cc(F)cc(F)c2)cc1OC. The number of fused-ring (bicyclic) bond motifs is 1. The maximum Gasteiger partial charge on any atom is 0.234 e. The fourth-order valence-electron chi connectivity index (χ4n) is 4.33. The summed E-state index contributed by atoms with van der Waals surface area (Å²) >= 11 is 0. The van der Waals surface area contributed by atoms with E-state index in [9.17, 15) is 8.78 Å². The minimum absolute atomic E-state index is 0.379. The molecule has 2 aliphatic rings. The first-order chi connectivity index (χ1) is 16.2. The highest BCUT2D eigenvalue weighted by Crippen LogP contribution is 2.41. The van der Waals surface area contributed by atoms with Crippen LogP contribution in [0.5, 0.6) is 5.75 Å². The van der Waals surface area contributed by atoms with Crippen molar-refractivity contribution in [1.82, 2.24) is 4.90 Å². The molecule has 0 aliphatic carbocycles. The van der Waals surface area contributed by atoms with E-state index in [2.05, 4.69) is 11.7 Å². The van der Waals surface area contributed by atoms with Crippen LogP contribution in [0, 0.1) is 11.6 Å². The van der Waals surface area contributed by atoms with E-state index < -0.39 is 17.4 Å². The number of rotatable bonds is 6. The molecular formula is C26H28F2N4O2. The topological polar surface area (TPSA) is 63.3 Å². The molecule has 8 heteroatoms. The number of halogens is 2. The minimum Gasteiger partial charge on any atom is -0.495 e. The Labute approximate surface area is 198 Å². The molecule has 0 radical (unpaired) electrons. The molecule has 2 N–H and O–H groups in total. The van der Waals surface area contributed by atoms with E-state index in [0.29, 0.717) is 29.4 Å². The fraction of sp³-hybridized carbons (Fsp3) is 0.269. The Kier molecular flexibility index (Phi) is 6.32. The summed E-state index contributed by atoms with van der Waals surface area (Å²) in [6.45, 7) is 8.07. The van der Waals surface area contributed by atoms with Crippen LogP contribution < -0.4 is 15.4 Å². The predicted octanol–water partition coefficient (Wildman–Crippen LogP) is 5.44. The largest absolute Gasteiger partial charge is 0.495 e. The van der Waals surface area contributed by atoms with E-state index in [1.165, 1.54) is 12.1 Å². The molecule has 2 heterocycles. The number of ether oxygens (including phenoxy) is 1. The zero-order valence-electron chi connectivity index (χ0n) is 19.5. The zero-order chi connectivity index (χ0) is 24.5. The Balaban J connectivity index is 1.66. The number of nitrogens with zero attached hydrogens (tertiary/aromatic N) is 3. The van der Waals surface area contributed by atoms with Gasteiger partial charge in [-0.2, -0.15) is 0 Å². The number of hydrogen-bond acceptors (Lipinski definition) is 6. The van der Waals surface area contributed by atoms with Crippen LogP contribution in [0.25, 0.3) is 6.08 Å². The highest BCUT2D eigenvalue weighted by atomic mass is 19.1. The van der Waals surface area contributed by atoms with Crippen molar-refractivity contribution in [3.05, 3.63) is 89.4 Å². The molecule has 2 aliphatic heterocycles. The molecule has 2 aromatic rings. The molecule has 0 bridgehead atoms. The van der Waals surface area contributed by atoms with Crippen LogP contribution in [0.1, 0.15) is 37.8 Å². The minimum atomic E-state index is -1.09. The summed E-state index contributed by atoms with van der Waals surface area (Å²) in [6.07, 6.45) is 7.10. The lowest BCUT2D eigenvalue weighted by Crippen LogP contribution is -2.47. The van der Waals surface area contributed by atoms with Gasteiger partial charge in [-0.1, -0.05) is 17.8 Å². The Hall–Kier alpha value is -3.81. The molecule has 2 aromatic carbocycles. The third kappa shape index (κ3) is 4.35. The molecule has 1 unspecified atom stereocenters. The zero-order valence-corrected chi connectivity index (χ0v) is 19.5. The summed E-state index contributed by atoms with van der Waals surface area (Å²) in [4.78, 5) is 9.53. The van der Waals surface area contributed by atoms with Crippen molar-refractivity contribution in [2.45, 2.75) is 32.4 Å². The van der Waals surface area contributed by atoms with E-state index >= 15 is 0 Å². The van der Waals surface area contributed by atoms with Gasteiger partial charge in [0.1, 0.15) is 17.4 Å². The number of amidine groups is 1. The van der Waals surface area contributed by atoms with Gasteiger partial charge in [0.2, 0.25) is 5.72 Å².